The molecule has 0 spiro atoms. The molecule has 0 aliphatic carbocycles. The summed E-state index contributed by atoms with van der Waals surface area (Å²) in [5, 5.41) is 14.8. The summed E-state index contributed by atoms with van der Waals surface area (Å²) in [6.45, 7) is 2.98. The maximum absolute atomic E-state index is 12.7. The third-order valence-corrected chi connectivity index (χ3v) is 4.76. The van der Waals surface area contributed by atoms with E-state index in [-0.39, 0.29) is 23.2 Å². The van der Waals surface area contributed by atoms with E-state index in [1.54, 1.807) is 4.90 Å². The third-order valence-electron chi connectivity index (χ3n) is 4.76. The molecule has 2 aromatic heterocycles. The highest BCUT2D eigenvalue weighted by Gasteiger charge is 2.30. The van der Waals surface area contributed by atoms with Crippen LogP contribution in [-0.2, 0) is 19.4 Å². The van der Waals surface area contributed by atoms with Crippen molar-refractivity contribution in [3.8, 4) is 0 Å². The Morgan fingerprint density at radius 1 is 1.15 bits per heavy atom. The Morgan fingerprint density at radius 3 is 2.70 bits per heavy atom. The number of hydrogen-bond acceptors (Lipinski definition) is 5. The predicted molar refractivity (Wildman–Crippen MR) is 98.2 cm³/mol. The van der Waals surface area contributed by atoms with Crippen LogP contribution < -0.4 is 5.56 Å². The maximum atomic E-state index is 12.7. The van der Waals surface area contributed by atoms with Crippen molar-refractivity contribution in [2.24, 2.45) is 0 Å². The van der Waals surface area contributed by atoms with Gasteiger partial charge in [-0.25, -0.2) is 5.10 Å². The standard InChI is InChI=1S/C19H20N6O2/c1-13-11-24(19(27)15-8-10-18(26)23-20-15)12-17-22-21-16(25(13)17)9-7-14-5-3-2-4-6-14/h2-6,8,10,13H,7,9,11-12H2,1H3,(H,23,26)/t13-/m0/s1. The average molecular weight is 364 g/mol. The van der Waals surface area contributed by atoms with Crippen molar-refractivity contribution in [2.75, 3.05) is 6.54 Å². The zero-order chi connectivity index (χ0) is 18.8. The second-order valence-electron chi connectivity index (χ2n) is 6.73. The number of hydrogen-bond donors (Lipinski definition) is 1. The lowest BCUT2D eigenvalue weighted by atomic mass is 10.1. The molecule has 1 aliphatic rings. The average Bonchev–Trinajstić information content (AvgIpc) is 3.11. The van der Waals surface area contributed by atoms with Crippen molar-refractivity contribution in [3.05, 3.63) is 75.7 Å². The number of amides is 1. The summed E-state index contributed by atoms with van der Waals surface area (Å²) in [4.78, 5) is 25.5. The normalized spacial score (nSPS) is 16.2. The van der Waals surface area contributed by atoms with Gasteiger partial charge < -0.3 is 9.47 Å². The lowest BCUT2D eigenvalue weighted by Crippen LogP contribution is -2.41. The number of nitrogens with one attached hydrogen (secondary N) is 1. The highest BCUT2D eigenvalue weighted by molar-refractivity contribution is 5.92. The van der Waals surface area contributed by atoms with Gasteiger partial charge in [0.2, 0.25) is 0 Å². The van der Waals surface area contributed by atoms with E-state index in [1.165, 1.54) is 17.7 Å². The fraction of sp³-hybridized carbons (Fsp3) is 0.316. The van der Waals surface area contributed by atoms with Gasteiger partial charge in [0.15, 0.2) is 5.82 Å². The molecule has 27 heavy (non-hydrogen) atoms. The molecule has 1 aromatic carbocycles. The topological polar surface area (TPSA) is 96.8 Å². The van der Waals surface area contributed by atoms with E-state index in [2.05, 4.69) is 44.0 Å². The zero-order valence-corrected chi connectivity index (χ0v) is 15.0. The van der Waals surface area contributed by atoms with E-state index in [4.69, 9.17) is 0 Å². The molecule has 8 nitrogen and oxygen atoms in total. The first kappa shape index (κ1) is 17.1. The van der Waals surface area contributed by atoms with Gasteiger partial charge >= 0.3 is 0 Å². The van der Waals surface area contributed by atoms with Gasteiger partial charge in [0.25, 0.3) is 11.5 Å². The molecule has 1 amide bonds. The lowest BCUT2D eigenvalue weighted by molar-refractivity contribution is 0.0672. The molecular formula is C19H20N6O2. The van der Waals surface area contributed by atoms with Gasteiger partial charge in [-0.2, -0.15) is 5.10 Å². The molecule has 0 fully saturated rings. The van der Waals surface area contributed by atoms with Crippen LogP contribution in [0.1, 0.15) is 40.7 Å². The Morgan fingerprint density at radius 2 is 1.96 bits per heavy atom. The number of carbonyl (C=O) groups is 1. The Labute approximate surface area is 155 Å². The lowest BCUT2D eigenvalue weighted by Gasteiger charge is -2.32. The number of rotatable bonds is 4. The van der Waals surface area contributed by atoms with Crippen molar-refractivity contribution in [3.63, 3.8) is 0 Å². The molecule has 0 saturated carbocycles. The van der Waals surface area contributed by atoms with Gasteiger partial charge in [-0.15, -0.1) is 10.2 Å². The van der Waals surface area contributed by atoms with Crippen LogP contribution in [-0.4, -0.2) is 42.3 Å². The first-order chi connectivity index (χ1) is 13.1. The number of benzene rings is 1. The minimum absolute atomic E-state index is 0.0706. The van der Waals surface area contributed by atoms with Crippen molar-refractivity contribution < 1.29 is 4.79 Å². The van der Waals surface area contributed by atoms with E-state index in [9.17, 15) is 9.59 Å². The van der Waals surface area contributed by atoms with E-state index >= 15 is 0 Å². The van der Waals surface area contributed by atoms with Gasteiger partial charge in [-0.1, -0.05) is 30.3 Å². The highest BCUT2D eigenvalue weighted by Crippen LogP contribution is 2.23. The number of nitrogens with zero attached hydrogens (tertiary/aromatic N) is 5. The predicted octanol–water partition coefficient (Wildman–Crippen LogP) is 1.36. The van der Waals surface area contributed by atoms with Crippen LogP contribution in [0.3, 0.4) is 0 Å². The number of carbonyl (C=O) groups excluding carboxylic acids is 1. The number of aromatic nitrogens is 5. The summed E-state index contributed by atoms with van der Waals surface area (Å²) in [6.07, 6.45) is 1.70. The molecule has 3 heterocycles. The fourth-order valence-corrected chi connectivity index (χ4v) is 3.46. The number of aromatic amines is 1. The summed E-state index contributed by atoms with van der Waals surface area (Å²) < 4.78 is 2.13. The van der Waals surface area contributed by atoms with Crippen LogP contribution in [0.25, 0.3) is 0 Å². The highest BCUT2D eigenvalue weighted by atomic mass is 16.2. The largest absolute Gasteiger partial charge is 0.328 e. The Bertz CT molecular complexity index is 990. The summed E-state index contributed by atoms with van der Waals surface area (Å²) in [5.74, 6) is 1.49. The third kappa shape index (κ3) is 3.51. The molecule has 0 saturated heterocycles. The molecular weight excluding hydrogens is 344 g/mol. The monoisotopic (exact) mass is 364 g/mol. The maximum Gasteiger partial charge on any atom is 0.274 e. The van der Waals surface area contributed by atoms with Crippen LogP contribution in [0.2, 0.25) is 0 Å². The number of fused-ring (bicyclic) bond motifs is 1. The van der Waals surface area contributed by atoms with E-state index in [0.29, 0.717) is 13.1 Å². The van der Waals surface area contributed by atoms with Crippen molar-refractivity contribution in [2.45, 2.75) is 32.4 Å². The summed E-state index contributed by atoms with van der Waals surface area (Å²) >= 11 is 0. The van der Waals surface area contributed by atoms with Gasteiger partial charge in [0.1, 0.15) is 11.5 Å². The molecule has 138 valence electrons. The van der Waals surface area contributed by atoms with Crippen molar-refractivity contribution >= 4 is 5.91 Å². The summed E-state index contributed by atoms with van der Waals surface area (Å²) in [7, 11) is 0. The first-order valence-electron chi connectivity index (χ1n) is 8.93. The SMILES string of the molecule is C[C@H]1CN(C(=O)c2ccc(=O)[nH]n2)Cc2nnc(CCc3ccccc3)n21. The van der Waals surface area contributed by atoms with Gasteiger partial charge in [0.05, 0.1) is 12.6 Å². The smallest absolute Gasteiger partial charge is 0.274 e. The minimum atomic E-state index is -0.332. The van der Waals surface area contributed by atoms with Crippen LogP contribution >= 0.6 is 0 Å². The fourth-order valence-electron chi connectivity index (χ4n) is 3.46. The molecule has 1 N–H and O–H groups in total. The molecule has 8 heteroatoms. The van der Waals surface area contributed by atoms with Crippen LogP contribution in [0.5, 0.6) is 0 Å². The van der Waals surface area contributed by atoms with E-state index in [1.807, 2.05) is 18.2 Å². The van der Waals surface area contributed by atoms with E-state index < -0.39 is 0 Å². The van der Waals surface area contributed by atoms with E-state index in [0.717, 1.165) is 24.5 Å². The summed E-state index contributed by atoms with van der Waals surface area (Å²) in [5.41, 5.74) is 1.15. The van der Waals surface area contributed by atoms with Crippen molar-refractivity contribution in [1.29, 1.82) is 0 Å². The van der Waals surface area contributed by atoms with Gasteiger partial charge in [-0.3, -0.25) is 9.59 Å². The first-order valence-corrected chi connectivity index (χ1v) is 8.93. The number of aryl methyl sites for hydroxylation is 2. The number of H-pyrrole nitrogens is 1. The Balaban J connectivity index is 1.50. The molecule has 0 unspecified atom stereocenters. The second kappa shape index (κ2) is 7.14. The second-order valence-corrected chi connectivity index (χ2v) is 6.73. The zero-order valence-electron chi connectivity index (χ0n) is 15.0. The molecule has 0 bridgehead atoms. The minimum Gasteiger partial charge on any atom is -0.328 e. The molecule has 4 rings (SSSR count). The molecule has 3 aromatic rings. The van der Waals surface area contributed by atoms with Crippen molar-refractivity contribution in [1.82, 2.24) is 29.9 Å². The summed E-state index contributed by atoms with van der Waals surface area (Å²) in [6, 6.07) is 13.1. The molecule has 1 aliphatic heterocycles. The van der Waals surface area contributed by atoms with Crippen LogP contribution in [0.4, 0.5) is 0 Å². The molecule has 1 atom stereocenters. The van der Waals surface area contributed by atoms with Gasteiger partial charge in [0, 0.05) is 19.0 Å². The van der Waals surface area contributed by atoms with Crippen LogP contribution in [0, 0.1) is 0 Å². The van der Waals surface area contributed by atoms with Gasteiger partial charge in [-0.05, 0) is 25.0 Å². The van der Waals surface area contributed by atoms with Crippen LogP contribution in [0.15, 0.2) is 47.3 Å². The Hall–Kier alpha value is -3.29. The Kier molecular flexibility index (Phi) is 4.53. The molecule has 0 radical (unpaired) electrons. The quantitative estimate of drug-likeness (QED) is 0.754.